The Bertz CT molecular complexity index is 557. The molecule has 1 aliphatic rings. The van der Waals surface area contributed by atoms with Crippen molar-refractivity contribution in [1.29, 1.82) is 0 Å². The van der Waals surface area contributed by atoms with E-state index in [1.807, 2.05) is 6.26 Å². The van der Waals surface area contributed by atoms with E-state index in [4.69, 9.17) is 0 Å². The molecule has 2 atom stereocenters. The van der Waals surface area contributed by atoms with Gasteiger partial charge in [0.1, 0.15) is 11.6 Å². The number of rotatable bonds is 5. The lowest BCUT2D eigenvalue weighted by Crippen LogP contribution is -2.34. The molecule has 1 fully saturated rings. The summed E-state index contributed by atoms with van der Waals surface area (Å²) in [6, 6.07) is 3.21. The van der Waals surface area contributed by atoms with Gasteiger partial charge in [0.2, 0.25) is 10.0 Å². The molecule has 1 aromatic carbocycles. The molecule has 1 aromatic rings. The summed E-state index contributed by atoms with van der Waals surface area (Å²) in [6.45, 7) is 0. The predicted octanol–water partition coefficient (Wildman–Crippen LogP) is 2.67. The Hall–Kier alpha value is -0.660. The van der Waals surface area contributed by atoms with Gasteiger partial charge in [-0.2, -0.15) is 11.8 Å². The highest BCUT2D eigenvalue weighted by Crippen LogP contribution is 2.28. The van der Waals surface area contributed by atoms with Crippen LogP contribution >= 0.6 is 11.8 Å². The molecule has 0 spiro atoms. The second kappa shape index (κ2) is 6.41. The minimum atomic E-state index is -3.73. The van der Waals surface area contributed by atoms with E-state index in [1.165, 1.54) is 6.07 Å². The number of hydrogen-bond donors (Lipinski definition) is 1. The molecule has 1 saturated carbocycles. The van der Waals surface area contributed by atoms with Gasteiger partial charge in [0.25, 0.3) is 0 Å². The Morgan fingerprint density at radius 2 is 1.95 bits per heavy atom. The predicted molar refractivity (Wildman–Crippen MR) is 77.1 cm³/mol. The normalized spacial score (nSPS) is 23.1. The molecule has 0 aliphatic heterocycles. The van der Waals surface area contributed by atoms with Crippen LogP contribution in [0.4, 0.5) is 8.78 Å². The van der Waals surface area contributed by atoms with E-state index in [-0.39, 0.29) is 6.04 Å². The second-order valence-electron chi connectivity index (χ2n) is 4.94. The van der Waals surface area contributed by atoms with Crippen LogP contribution < -0.4 is 4.72 Å². The molecule has 1 N–H and O–H groups in total. The minimum absolute atomic E-state index is 0.132. The zero-order chi connectivity index (χ0) is 14.8. The molecule has 0 bridgehead atoms. The van der Waals surface area contributed by atoms with Crippen molar-refractivity contribution in [1.82, 2.24) is 4.72 Å². The fraction of sp³-hybridized carbons (Fsp3) is 0.538. The van der Waals surface area contributed by atoms with Crippen molar-refractivity contribution in [3.05, 3.63) is 35.4 Å². The highest BCUT2D eigenvalue weighted by atomic mass is 32.2. The van der Waals surface area contributed by atoms with Gasteiger partial charge in [0, 0.05) is 16.9 Å². The van der Waals surface area contributed by atoms with E-state index >= 15 is 0 Å². The summed E-state index contributed by atoms with van der Waals surface area (Å²) in [5.74, 6) is -2.32. The quantitative estimate of drug-likeness (QED) is 0.907. The lowest BCUT2D eigenvalue weighted by Gasteiger charge is -2.14. The van der Waals surface area contributed by atoms with Gasteiger partial charge in [0.05, 0.1) is 5.75 Å². The molecule has 1 aliphatic carbocycles. The van der Waals surface area contributed by atoms with Crippen molar-refractivity contribution in [3.63, 3.8) is 0 Å². The smallest absolute Gasteiger partial charge is 0.212 e. The SMILES string of the molecule is CS[C@@H]1CC[C@@H](NS(=O)(=O)Cc2c(F)cccc2F)C1. The number of halogens is 2. The summed E-state index contributed by atoms with van der Waals surface area (Å²) < 4.78 is 53.5. The molecule has 0 amide bonds. The monoisotopic (exact) mass is 321 g/mol. The topological polar surface area (TPSA) is 46.2 Å². The molecule has 20 heavy (non-hydrogen) atoms. The van der Waals surface area contributed by atoms with Gasteiger partial charge in [-0.05, 0) is 37.7 Å². The molecule has 0 saturated heterocycles. The molecule has 7 heteroatoms. The van der Waals surface area contributed by atoms with E-state index in [0.29, 0.717) is 5.25 Å². The molecule has 112 valence electrons. The first-order valence-electron chi connectivity index (χ1n) is 6.37. The van der Waals surface area contributed by atoms with Gasteiger partial charge in [-0.25, -0.2) is 21.9 Å². The van der Waals surface area contributed by atoms with E-state index in [1.54, 1.807) is 11.8 Å². The first-order chi connectivity index (χ1) is 9.41. The van der Waals surface area contributed by atoms with Crippen molar-refractivity contribution >= 4 is 21.8 Å². The first kappa shape index (κ1) is 15.7. The summed E-state index contributed by atoms with van der Waals surface area (Å²) in [6.07, 6.45) is 4.49. The van der Waals surface area contributed by atoms with Crippen molar-refractivity contribution in [2.24, 2.45) is 0 Å². The Morgan fingerprint density at radius 1 is 1.30 bits per heavy atom. The molecule has 2 rings (SSSR count). The molecular weight excluding hydrogens is 304 g/mol. The summed E-state index contributed by atoms with van der Waals surface area (Å²) in [5, 5.41) is 0.452. The fourth-order valence-corrected chi connectivity index (χ4v) is 4.67. The molecule has 3 nitrogen and oxygen atoms in total. The van der Waals surface area contributed by atoms with Gasteiger partial charge >= 0.3 is 0 Å². The maximum absolute atomic E-state index is 13.5. The van der Waals surface area contributed by atoms with Crippen LogP contribution in [0.25, 0.3) is 0 Å². The average molecular weight is 321 g/mol. The Morgan fingerprint density at radius 3 is 2.50 bits per heavy atom. The Kier molecular flexibility index (Phi) is 5.04. The third-order valence-electron chi connectivity index (χ3n) is 3.46. The summed E-state index contributed by atoms with van der Waals surface area (Å²) in [4.78, 5) is 0. The molecule has 0 aromatic heterocycles. The summed E-state index contributed by atoms with van der Waals surface area (Å²) >= 11 is 1.72. The maximum atomic E-state index is 13.5. The first-order valence-corrected chi connectivity index (χ1v) is 9.31. The van der Waals surface area contributed by atoms with Gasteiger partial charge in [0.15, 0.2) is 0 Å². The minimum Gasteiger partial charge on any atom is -0.212 e. The standard InChI is InChI=1S/C13H17F2NO2S2/c1-19-10-6-5-9(7-10)16-20(17,18)8-11-12(14)3-2-4-13(11)15/h2-4,9-10,16H,5-8H2,1H3/t9-,10-/m1/s1. The molecule has 0 heterocycles. The van der Waals surface area contributed by atoms with E-state index in [0.717, 1.165) is 31.4 Å². The second-order valence-corrected chi connectivity index (χ2v) is 7.84. The zero-order valence-corrected chi connectivity index (χ0v) is 12.7. The summed E-state index contributed by atoms with van der Waals surface area (Å²) in [7, 11) is -3.73. The van der Waals surface area contributed by atoms with Crippen LogP contribution in [0.5, 0.6) is 0 Å². The summed E-state index contributed by atoms with van der Waals surface area (Å²) in [5.41, 5.74) is -0.403. The van der Waals surface area contributed by atoms with Crippen molar-refractivity contribution in [2.45, 2.75) is 36.3 Å². The molecular formula is C13H17F2NO2S2. The van der Waals surface area contributed by atoms with Crippen molar-refractivity contribution < 1.29 is 17.2 Å². The number of sulfonamides is 1. The highest BCUT2D eigenvalue weighted by Gasteiger charge is 2.28. The van der Waals surface area contributed by atoms with Gasteiger partial charge < -0.3 is 0 Å². The average Bonchev–Trinajstić information content (AvgIpc) is 2.81. The molecule has 0 radical (unpaired) electrons. The number of thioether (sulfide) groups is 1. The van der Waals surface area contributed by atoms with E-state index in [9.17, 15) is 17.2 Å². The third kappa shape index (κ3) is 3.93. The number of benzene rings is 1. The van der Waals surface area contributed by atoms with Crippen LogP contribution in [-0.2, 0) is 15.8 Å². The van der Waals surface area contributed by atoms with Crippen LogP contribution in [-0.4, -0.2) is 26.0 Å². The lowest BCUT2D eigenvalue weighted by atomic mass is 10.2. The third-order valence-corrected chi connectivity index (χ3v) is 5.92. The molecule has 0 unspecified atom stereocenters. The van der Waals surface area contributed by atoms with E-state index < -0.39 is 33.0 Å². The van der Waals surface area contributed by atoms with Gasteiger partial charge in [-0.1, -0.05) is 6.07 Å². The zero-order valence-electron chi connectivity index (χ0n) is 11.1. The Balaban J connectivity index is 2.05. The number of hydrogen-bond acceptors (Lipinski definition) is 3. The van der Waals surface area contributed by atoms with Crippen LogP contribution in [0.3, 0.4) is 0 Å². The lowest BCUT2D eigenvalue weighted by molar-refractivity contribution is 0.537. The van der Waals surface area contributed by atoms with Crippen LogP contribution in [0.2, 0.25) is 0 Å². The van der Waals surface area contributed by atoms with E-state index in [2.05, 4.69) is 4.72 Å². The van der Waals surface area contributed by atoms with Crippen LogP contribution in [0, 0.1) is 11.6 Å². The maximum Gasteiger partial charge on any atom is 0.216 e. The van der Waals surface area contributed by atoms with Gasteiger partial charge in [-0.15, -0.1) is 0 Å². The van der Waals surface area contributed by atoms with Crippen LogP contribution in [0.15, 0.2) is 18.2 Å². The van der Waals surface area contributed by atoms with Crippen molar-refractivity contribution in [3.8, 4) is 0 Å². The highest BCUT2D eigenvalue weighted by molar-refractivity contribution is 7.99. The number of nitrogens with one attached hydrogen (secondary N) is 1. The fourth-order valence-electron chi connectivity index (χ4n) is 2.42. The van der Waals surface area contributed by atoms with Crippen molar-refractivity contribution in [2.75, 3.05) is 6.26 Å². The Labute approximate surface area is 122 Å². The van der Waals surface area contributed by atoms with Gasteiger partial charge in [-0.3, -0.25) is 0 Å². The largest absolute Gasteiger partial charge is 0.216 e. The van der Waals surface area contributed by atoms with Crippen LogP contribution in [0.1, 0.15) is 24.8 Å².